The van der Waals surface area contributed by atoms with E-state index in [0.29, 0.717) is 0 Å². The normalized spacial score (nSPS) is 14.9. The summed E-state index contributed by atoms with van der Waals surface area (Å²) < 4.78 is 0. The number of nitrogens with zero attached hydrogens (tertiary/aromatic N) is 4. The quantitative estimate of drug-likeness (QED) is 0.774. The number of rotatable bonds is 7. The van der Waals surface area contributed by atoms with Crippen LogP contribution in [-0.2, 0) is 6.54 Å². The molecule has 6 heteroatoms. The van der Waals surface area contributed by atoms with Gasteiger partial charge in [-0.3, -0.25) is 4.90 Å². The summed E-state index contributed by atoms with van der Waals surface area (Å²) in [5.41, 5.74) is 4.15. The molecular weight excluding hydrogens is 370 g/mol. The Kier molecular flexibility index (Phi) is 7.16. The predicted molar refractivity (Wildman–Crippen MR) is 117 cm³/mol. The van der Waals surface area contributed by atoms with Crippen LogP contribution in [0.3, 0.4) is 0 Å². The largest absolute Gasteiger partial charge is 0.384 e. The van der Waals surface area contributed by atoms with Crippen LogP contribution in [0.5, 0.6) is 0 Å². The van der Waals surface area contributed by atoms with Crippen molar-refractivity contribution in [2.45, 2.75) is 6.54 Å². The SMILES string of the molecule is CN(C)CCNc1ccc(C#N)c(CN2CCN(c3ccc(Cl)cc3)CC2)c1. The van der Waals surface area contributed by atoms with Gasteiger partial charge in [0.05, 0.1) is 11.6 Å². The second-order valence-electron chi connectivity index (χ2n) is 7.45. The maximum absolute atomic E-state index is 9.49. The molecule has 1 aliphatic heterocycles. The molecule has 0 aromatic heterocycles. The summed E-state index contributed by atoms with van der Waals surface area (Å²) in [6.45, 7) is 6.58. The highest BCUT2D eigenvalue weighted by molar-refractivity contribution is 6.30. The van der Waals surface area contributed by atoms with E-state index in [0.717, 1.165) is 67.7 Å². The van der Waals surface area contributed by atoms with Gasteiger partial charge in [-0.15, -0.1) is 0 Å². The fourth-order valence-corrected chi connectivity index (χ4v) is 3.55. The lowest BCUT2D eigenvalue weighted by molar-refractivity contribution is 0.249. The minimum atomic E-state index is 0.762. The highest BCUT2D eigenvalue weighted by Gasteiger charge is 2.18. The van der Waals surface area contributed by atoms with Gasteiger partial charge in [-0.05, 0) is 62.1 Å². The molecule has 1 N–H and O–H groups in total. The van der Waals surface area contributed by atoms with Crippen molar-refractivity contribution < 1.29 is 0 Å². The molecule has 1 saturated heterocycles. The Balaban J connectivity index is 1.59. The second-order valence-corrected chi connectivity index (χ2v) is 7.89. The van der Waals surface area contributed by atoms with Crippen LogP contribution in [-0.4, -0.2) is 63.2 Å². The number of hydrogen-bond donors (Lipinski definition) is 1. The first-order chi connectivity index (χ1) is 13.5. The lowest BCUT2D eigenvalue weighted by atomic mass is 10.1. The number of likely N-dealkylation sites (N-methyl/N-ethyl adjacent to an activating group) is 1. The molecule has 28 heavy (non-hydrogen) atoms. The third-order valence-corrected chi connectivity index (χ3v) is 5.32. The van der Waals surface area contributed by atoms with Gasteiger partial charge in [-0.2, -0.15) is 5.26 Å². The van der Waals surface area contributed by atoms with Crippen LogP contribution in [0.4, 0.5) is 11.4 Å². The molecule has 2 aromatic carbocycles. The van der Waals surface area contributed by atoms with Gasteiger partial charge in [0.15, 0.2) is 0 Å². The van der Waals surface area contributed by atoms with Crippen LogP contribution in [0.25, 0.3) is 0 Å². The number of halogens is 1. The van der Waals surface area contributed by atoms with E-state index < -0.39 is 0 Å². The zero-order valence-corrected chi connectivity index (χ0v) is 17.4. The predicted octanol–water partition coefficient (Wildman–Crippen LogP) is 3.51. The van der Waals surface area contributed by atoms with E-state index in [4.69, 9.17) is 11.6 Å². The van der Waals surface area contributed by atoms with Crippen molar-refractivity contribution in [3.8, 4) is 6.07 Å². The van der Waals surface area contributed by atoms with E-state index in [1.807, 2.05) is 24.3 Å². The number of benzene rings is 2. The average molecular weight is 398 g/mol. The first kappa shape index (κ1) is 20.5. The Morgan fingerprint density at radius 2 is 1.79 bits per heavy atom. The first-order valence-electron chi connectivity index (χ1n) is 9.69. The smallest absolute Gasteiger partial charge is 0.0995 e. The van der Waals surface area contributed by atoms with Gasteiger partial charge in [0.2, 0.25) is 0 Å². The van der Waals surface area contributed by atoms with Gasteiger partial charge in [0.1, 0.15) is 0 Å². The maximum Gasteiger partial charge on any atom is 0.0995 e. The van der Waals surface area contributed by atoms with Crippen molar-refractivity contribution in [2.24, 2.45) is 0 Å². The molecular formula is C22H28ClN5. The van der Waals surface area contributed by atoms with Crippen molar-refractivity contribution in [1.82, 2.24) is 9.80 Å². The highest BCUT2D eigenvalue weighted by Crippen LogP contribution is 2.22. The Morgan fingerprint density at radius 1 is 1.07 bits per heavy atom. The average Bonchev–Trinajstić information content (AvgIpc) is 2.69. The van der Waals surface area contributed by atoms with Gasteiger partial charge in [0, 0.05) is 62.2 Å². The Bertz CT molecular complexity index is 805. The van der Waals surface area contributed by atoms with Crippen LogP contribution in [0.15, 0.2) is 42.5 Å². The number of hydrogen-bond acceptors (Lipinski definition) is 5. The van der Waals surface area contributed by atoms with Crippen molar-refractivity contribution >= 4 is 23.0 Å². The lowest BCUT2D eigenvalue weighted by Crippen LogP contribution is -2.46. The molecule has 0 bridgehead atoms. The Morgan fingerprint density at radius 3 is 2.43 bits per heavy atom. The molecule has 2 aromatic rings. The van der Waals surface area contributed by atoms with Crippen LogP contribution in [0, 0.1) is 11.3 Å². The van der Waals surface area contributed by atoms with Crippen LogP contribution in [0.2, 0.25) is 5.02 Å². The number of anilines is 2. The minimum Gasteiger partial charge on any atom is -0.384 e. The number of nitriles is 1. The molecule has 0 saturated carbocycles. The van der Waals surface area contributed by atoms with Crippen LogP contribution in [0.1, 0.15) is 11.1 Å². The summed E-state index contributed by atoms with van der Waals surface area (Å²) in [7, 11) is 4.13. The van der Waals surface area contributed by atoms with Crippen molar-refractivity contribution in [1.29, 1.82) is 5.26 Å². The third kappa shape index (κ3) is 5.62. The summed E-state index contributed by atoms with van der Waals surface area (Å²) in [6, 6.07) is 16.4. The summed E-state index contributed by atoms with van der Waals surface area (Å²) in [5.74, 6) is 0. The summed E-state index contributed by atoms with van der Waals surface area (Å²) >= 11 is 5.99. The molecule has 1 fully saturated rings. The van der Waals surface area contributed by atoms with Crippen LogP contribution < -0.4 is 10.2 Å². The molecule has 0 aliphatic carbocycles. The minimum absolute atomic E-state index is 0.762. The third-order valence-electron chi connectivity index (χ3n) is 5.07. The molecule has 0 spiro atoms. The fraction of sp³-hybridized carbons (Fsp3) is 0.409. The monoisotopic (exact) mass is 397 g/mol. The summed E-state index contributed by atoms with van der Waals surface area (Å²) in [5, 5.41) is 13.7. The van der Waals surface area contributed by atoms with Gasteiger partial charge in [0.25, 0.3) is 0 Å². The van der Waals surface area contributed by atoms with Gasteiger partial charge in [-0.25, -0.2) is 0 Å². The molecule has 1 aliphatic rings. The zero-order chi connectivity index (χ0) is 19.9. The van der Waals surface area contributed by atoms with E-state index in [2.05, 4.69) is 58.4 Å². The lowest BCUT2D eigenvalue weighted by Gasteiger charge is -2.36. The first-order valence-corrected chi connectivity index (χ1v) is 10.1. The van der Waals surface area contributed by atoms with E-state index in [1.54, 1.807) is 0 Å². The zero-order valence-electron chi connectivity index (χ0n) is 16.7. The standard InChI is InChI=1S/C22H28ClN5/c1-26(2)10-9-25-21-6-3-18(16-24)19(15-21)17-27-11-13-28(14-12-27)22-7-4-20(23)5-8-22/h3-8,15,25H,9-14,17H2,1-2H3. The van der Waals surface area contributed by atoms with E-state index in [9.17, 15) is 5.26 Å². The number of piperazine rings is 1. The summed E-state index contributed by atoms with van der Waals surface area (Å²) in [4.78, 5) is 6.96. The van der Waals surface area contributed by atoms with E-state index in [1.165, 1.54) is 5.69 Å². The van der Waals surface area contributed by atoms with Gasteiger partial charge in [-0.1, -0.05) is 11.6 Å². The Hall–Kier alpha value is -2.26. The maximum atomic E-state index is 9.49. The molecule has 0 atom stereocenters. The van der Waals surface area contributed by atoms with Crippen molar-refractivity contribution in [3.63, 3.8) is 0 Å². The highest BCUT2D eigenvalue weighted by atomic mass is 35.5. The molecule has 0 amide bonds. The molecule has 0 radical (unpaired) electrons. The second kappa shape index (κ2) is 9.79. The fourth-order valence-electron chi connectivity index (χ4n) is 3.42. The molecule has 5 nitrogen and oxygen atoms in total. The molecule has 3 rings (SSSR count). The van der Waals surface area contributed by atoms with E-state index in [-0.39, 0.29) is 0 Å². The van der Waals surface area contributed by atoms with Gasteiger partial charge < -0.3 is 15.1 Å². The summed E-state index contributed by atoms with van der Waals surface area (Å²) in [6.07, 6.45) is 0. The van der Waals surface area contributed by atoms with Crippen molar-refractivity contribution in [2.75, 3.05) is 63.6 Å². The van der Waals surface area contributed by atoms with Crippen molar-refractivity contribution in [3.05, 3.63) is 58.6 Å². The van der Waals surface area contributed by atoms with Gasteiger partial charge >= 0.3 is 0 Å². The van der Waals surface area contributed by atoms with Crippen LogP contribution >= 0.6 is 11.6 Å². The molecule has 148 valence electrons. The molecule has 0 unspecified atom stereocenters. The molecule has 1 heterocycles. The Labute approximate surface area is 173 Å². The van der Waals surface area contributed by atoms with E-state index >= 15 is 0 Å². The topological polar surface area (TPSA) is 45.5 Å². The number of nitrogens with one attached hydrogen (secondary N) is 1.